The summed E-state index contributed by atoms with van der Waals surface area (Å²) in [4.78, 5) is 8.70. The second-order valence-corrected chi connectivity index (χ2v) is 8.14. The molecule has 10 heteroatoms. The van der Waals surface area contributed by atoms with Crippen molar-refractivity contribution in [2.75, 3.05) is 5.32 Å². The molecule has 3 aromatic rings. The Morgan fingerprint density at radius 3 is 2.63 bits per heavy atom. The zero-order valence-corrected chi connectivity index (χ0v) is 15.4. The van der Waals surface area contributed by atoms with E-state index in [0.717, 1.165) is 12.8 Å². The summed E-state index contributed by atoms with van der Waals surface area (Å²) in [6.45, 7) is 0. The molecule has 0 radical (unpaired) electrons. The number of hydrogen-bond donors (Lipinski definition) is 3. The van der Waals surface area contributed by atoms with Crippen LogP contribution in [0.3, 0.4) is 0 Å². The average molecular weight is 389 g/mol. The normalized spacial score (nSPS) is 15.7. The standard InChI is InChI=1S/C17H20N6O3S/c18-27(24,25)14-8-6-12(7-9-14)21-15-10-16(22-17-19-11-20-23(15)17)26-13-4-2-1-3-5-13/h6-11,13H,1-5H2,(H3,18,19,20,21,22,24,25)/p+1. The highest BCUT2D eigenvalue weighted by Gasteiger charge is 2.21. The van der Waals surface area contributed by atoms with Gasteiger partial charge in [-0.2, -0.15) is 0 Å². The Balaban J connectivity index is 1.61. The number of H-pyrrole nitrogens is 1. The predicted molar refractivity (Wildman–Crippen MR) is 98.1 cm³/mol. The SMILES string of the molecule is NS(=O)(=O)c1ccc(Nc2cc(OC3CCCCC3)nc3nc[nH][n+]23)cc1. The fourth-order valence-electron chi connectivity index (χ4n) is 3.21. The van der Waals surface area contributed by atoms with Crippen molar-refractivity contribution in [2.24, 2.45) is 5.14 Å². The lowest BCUT2D eigenvalue weighted by atomic mass is 9.98. The van der Waals surface area contributed by atoms with Crippen LogP contribution in [0.2, 0.25) is 0 Å². The molecule has 0 unspecified atom stereocenters. The van der Waals surface area contributed by atoms with Gasteiger partial charge in [0.25, 0.3) is 5.88 Å². The van der Waals surface area contributed by atoms with Crippen LogP contribution < -0.4 is 19.7 Å². The van der Waals surface area contributed by atoms with Crippen molar-refractivity contribution < 1.29 is 17.7 Å². The molecule has 0 bridgehead atoms. The number of rotatable bonds is 5. The second-order valence-electron chi connectivity index (χ2n) is 6.57. The van der Waals surface area contributed by atoms with Gasteiger partial charge in [-0.05, 0) is 49.9 Å². The summed E-state index contributed by atoms with van der Waals surface area (Å²) in [5.74, 6) is 1.66. The number of nitrogens with zero attached hydrogens (tertiary/aromatic N) is 3. The number of hydrogen-bond acceptors (Lipinski definition) is 6. The van der Waals surface area contributed by atoms with E-state index in [9.17, 15) is 8.42 Å². The number of nitrogens with two attached hydrogens (primary N) is 1. The highest BCUT2D eigenvalue weighted by molar-refractivity contribution is 7.89. The molecule has 1 saturated carbocycles. The molecule has 1 aliphatic carbocycles. The van der Waals surface area contributed by atoms with E-state index in [0.29, 0.717) is 23.2 Å². The van der Waals surface area contributed by atoms with E-state index in [-0.39, 0.29) is 11.0 Å². The highest BCUT2D eigenvalue weighted by atomic mass is 32.2. The van der Waals surface area contributed by atoms with E-state index < -0.39 is 10.0 Å². The maximum absolute atomic E-state index is 11.4. The van der Waals surface area contributed by atoms with Crippen LogP contribution in [-0.4, -0.2) is 29.6 Å². The van der Waals surface area contributed by atoms with E-state index in [1.54, 1.807) is 29.0 Å². The lowest BCUT2D eigenvalue weighted by molar-refractivity contribution is -0.564. The summed E-state index contributed by atoms with van der Waals surface area (Å²) in [5, 5.41) is 11.3. The molecule has 2 heterocycles. The summed E-state index contributed by atoms with van der Waals surface area (Å²) in [5.41, 5.74) is 0.695. The van der Waals surface area contributed by atoms with Crippen LogP contribution in [0, 0.1) is 0 Å². The van der Waals surface area contributed by atoms with Gasteiger partial charge in [-0.15, -0.1) is 4.52 Å². The summed E-state index contributed by atoms with van der Waals surface area (Å²) in [7, 11) is -3.72. The van der Waals surface area contributed by atoms with Gasteiger partial charge in [0, 0.05) is 0 Å². The molecule has 2 aromatic heterocycles. The van der Waals surface area contributed by atoms with Gasteiger partial charge in [-0.25, -0.2) is 18.7 Å². The summed E-state index contributed by atoms with van der Waals surface area (Å²) >= 11 is 0. The van der Waals surface area contributed by atoms with Crippen molar-refractivity contribution in [3.05, 3.63) is 36.7 Å². The zero-order valence-electron chi connectivity index (χ0n) is 14.6. The van der Waals surface area contributed by atoms with Crippen molar-refractivity contribution in [3.63, 3.8) is 0 Å². The maximum atomic E-state index is 11.4. The Morgan fingerprint density at radius 1 is 1.19 bits per heavy atom. The first-order valence-corrected chi connectivity index (χ1v) is 10.4. The topological polar surface area (TPSA) is 127 Å². The van der Waals surface area contributed by atoms with Gasteiger partial charge in [0.15, 0.2) is 6.33 Å². The smallest absolute Gasteiger partial charge is 0.411 e. The monoisotopic (exact) mass is 389 g/mol. The lowest BCUT2D eigenvalue weighted by Gasteiger charge is -2.21. The molecule has 0 spiro atoms. The fraction of sp³-hybridized carbons (Fsp3) is 0.353. The minimum atomic E-state index is -3.72. The largest absolute Gasteiger partial charge is 0.465 e. The van der Waals surface area contributed by atoms with Gasteiger partial charge in [-0.3, -0.25) is 5.32 Å². The highest BCUT2D eigenvalue weighted by Crippen LogP contribution is 2.24. The molecule has 27 heavy (non-hydrogen) atoms. The van der Waals surface area contributed by atoms with Gasteiger partial charge < -0.3 is 4.74 Å². The zero-order chi connectivity index (χ0) is 18.9. The number of aromatic amines is 1. The van der Waals surface area contributed by atoms with Crippen molar-refractivity contribution in [1.82, 2.24) is 15.1 Å². The Bertz CT molecular complexity index is 1040. The lowest BCUT2D eigenvalue weighted by Crippen LogP contribution is -2.29. The minimum Gasteiger partial charge on any atom is -0.465 e. The number of nitrogens with one attached hydrogen (secondary N) is 2. The van der Waals surface area contributed by atoms with Crippen molar-refractivity contribution in [2.45, 2.75) is 43.1 Å². The molecular formula is C17H21N6O3S+. The molecular weight excluding hydrogens is 368 g/mol. The molecule has 1 fully saturated rings. The number of benzene rings is 1. The van der Waals surface area contributed by atoms with E-state index in [1.807, 2.05) is 0 Å². The van der Waals surface area contributed by atoms with Gasteiger partial charge in [0.1, 0.15) is 6.10 Å². The third-order valence-electron chi connectivity index (χ3n) is 4.57. The number of fused-ring (bicyclic) bond motifs is 1. The van der Waals surface area contributed by atoms with Gasteiger partial charge in [0.2, 0.25) is 15.8 Å². The van der Waals surface area contributed by atoms with Crippen molar-refractivity contribution >= 4 is 27.3 Å². The quantitative estimate of drug-likeness (QED) is 0.569. The molecule has 142 valence electrons. The van der Waals surface area contributed by atoms with Gasteiger partial charge in [-0.1, -0.05) is 16.4 Å². The van der Waals surface area contributed by atoms with Crippen molar-refractivity contribution in [3.8, 4) is 5.88 Å². The maximum Gasteiger partial charge on any atom is 0.411 e. The van der Waals surface area contributed by atoms with E-state index in [2.05, 4.69) is 20.4 Å². The minimum absolute atomic E-state index is 0.0587. The number of primary sulfonamides is 1. The van der Waals surface area contributed by atoms with Crippen LogP contribution in [0.1, 0.15) is 32.1 Å². The third-order valence-corrected chi connectivity index (χ3v) is 5.50. The van der Waals surface area contributed by atoms with Gasteiger partial charge in [0.05, 0.1) is 16.6 Å². The van der Waals surface area contributed by atoms with Crippen LogP contribution in [0.4, 0.5) is 11.5 Å². The first-order valence-electron chi connectivity index (χ1n) is 8.82. The molecule has 1 aromatic carbocycles. The molecule has 1 aliphatic rings. The molecule has 0 atom stereocenters. The number of anilines is 2. The van der Waals surface area contributed by atoms with Crippen LogP contribution in [0.5, 0.6) is 5.88 Å². The molecule has 0 aliphatic heterocycles. The Kier molecular flexibility index (Phi) is 4.66. The van der Waals surface area contributed by atoms with E-state index in [1.165, 1.54) is 31.4 Å². The summed E-state index contributed by atoms with van der Waals surface area (Å²) in [6, 6.07) is 7.99. The van der Waals surface area contributed by atoms with Gasteiger partial charge >= 0.3 is 5.78 Å². The number of ether oxygens (including phenoxy) is 1. The Hall–Kier alpha value is -2.72. The molecule has 4 N–H and O–H groups in total. The molecule has 4 rings (SSSR count). The van der Waals surface area contributed by atoms with Crippen LogP contribution >= 0.6 is 0 Å². The molecule has 9 nitrogen and oxygen atoms in total. The predicted octanol–water partition coefficient (Wildman–Crippen LogP) is 1.65. The summed E-state index contributed by atoms with van der Waals surface area (Å²) < 4.78 is 30.5. The number of sulfonamides is 1. The third kappa shape index (κ3) is 4.01. The van der Waals surface area contributed by atoms with E-state index >= 15 is 0 Å². The molecule has 0 amide bonds. The molecule has 0 saturated heterocycles. The first kappa shape index (κ1) is 17.7. The fourth-order valence-corrected chi connectivity index (χ4v) is 3.73. The Morgan fingerprint density at radius 2 is 1.93 bits per heavy atom. The second kappa shape index (κ2) is 7.12. The average Bonchev–Trinajstić information content (AvgIpc) is 3.11. The first-order chi connectivity index (χ1) is 13.0. The van der Waals surface area contributed by atoms with Crippen LogP contribution in [0.25, 0.3) is 5.78 Å². The summed E-state index contributed by atoms with van der Waals surface area (Å²) in [6.07, 6.45) is 7.38. The Labute approximate surface area is 156 Å². The van der Waals surface area contributed by atoms with Crippen LogP contribution in [0.15, 0.2) is 41.6 Å². The van der Waals surface area contributed by atoms with E-state index in [4.69, 9.17) is 9.88 Å². The van der Waals surface area contributed by atoms with Crippen molar-refractivity contribution in [1.29, 1.82) is 0 Å². The van der Waals surface area contributed by atoms with Crippen LogP contribution in [-0.2, 0) is 10.0 Å². The number of aromatic nitrogens is 4.